The van der Waals surface area contributed by atoms with Crippen LogP contribution in [-0.2, 0) is 24.2 Å². The van der Waals surface area contributed by atoms with Crippen LogP contribution in [0.2, 0.25) is 0 Å². The smallest absolute Gasteiger partial charge is 0.128 e. The van der Waals surface area contributed by atoms with Crippen LogP contribution in [0, 0.1) is 0 Å². The van der Waals surface area contributed by atoms with E-state index in [1.54, 1.807) is 6.20 Å². The van der Waals surface area contributed by atoms with Gasteiger partial charge >= 0.3 is 0 Å². The summed E-state index contributed by atoms with van der Waals surface area (Å²) in [6.45, 7) is 9.65. The highest BCUT2D eigenvalue weighted by Crippen LogP contribution is 2.36. The first-order valence-corrected chi connectivity index (χ1v) is 11.5. The first-order chi connectivity index (χ1) is 15.2. The van der Waals surface area contributed by atoms with Crippen molar-refractivity contribution in [3.05, 3.63) is 77.2 Å². The number of benzene rings is 1. The van der Waals surface area contributed by atoms with Crippen molar-refractivity contribution in [3.8, 4) is 17.0 Å². The standard InChI is InChI=1S/C27H34N2O2/c1-5-12-25(31-19-22-15-9-10-16-28-22)23-18-29-24(17-26(23)30-8-4)27-20(6-2)13-11-14-21(27)7-3/h9-11,13-18,25H,5-8,12,19H2,1-4H3. The van der Waals surface area contributed by atoms with Crippen LogP contribution in [-0.4, -0.2) is 16.6 Å². The molecule has 0 spiro atoms. The summed E-state index contributed by atoms with van der Waals surface area (Å²) in [4.78, 5) is 9.27. The first-order valence-electron chi connectivity index (χ1n) is 11.5. The number of rotatable bonds is 11. The highest BCUT2D eigenvalue weighted by atomic mass is 16.5. The van der Waals surface area contributed by atoms with E-state index in [1.807, 2.05) is 31.3 Å². The van der Waals surface area contributed by atoms with Gasteiger partial charge in [0.15, 0.2) is 0 Å². The Morgan fingerprint density at radius 1 is 0.903 bits per heavy atom. The maximum atomic E-state index is 6.29. The zero-order valence-corrected chi connectivity index (χ0v) is 19.2. The SMILES string of the molecule is CCCC(OCc1ccccn1)c1cnc(-c2c(CC)cccc2CC)cc1OCC. The van der Waals surface area contributed by atoms with E-state index in [9.17, 15) is 0 Å². The summed E-state index contributed by atoms with van der Waals surface area (Å²) in [6, 6.07) is 14.5. The molecule has 1 aromatic carbocycles. The monoisotopic (exact) mass is 418 g/mol. The van der Waals surface area contributed by atoms with Crippen molar-refractivity contribution >= 4 is 0 Å². The minimum Gasteiger partial charge on any atom is -0.493 e. The second-order valence-electron chi connectivity index (χ2n) is 7.61. The number of nitrogens with zero attached hydrogens (tertiary/aromatic N) is 2. The predicted octanol–water partition coefficient (Wildman–Crippen LogP) is 6.73. The Balaban J connectivity index is 1.97. The largest absolute Gasteiger partial charge is 0.493 e. The van der Waals surface area contributed by atoms with E-state index in [2.05, 4.69) is 50.0 Å². The van der Waals surface area contributed by atoms with E-state index in [0.29, 0.717) is 13.2 Å². The molecule has 0 N–H and O–H groups in total. The maximum Gasteiger partial charge on any atom is 0.128 e. The second kappa shape index (κ2) is 11.6. The van der Waals surface area contributed by atoms with Crippen LogP contribution in [0.15, 0.2) is 54.9 Å². The van der Waals surface area contributed by atoms with Gasteiger partial charge in [-0.3, -0.25) is 9.97 Å². The van der Waals surface area contributed by atoms with Crippen molar-refractivity contribution in [2.45, 2.75) is 66.1 Å². The number of hydrogen-bond donors (Lipinski definition) is 0. The molecular weight excluding hydrogens is 384 g/mol. The molecule has 4 heteroatoms. The van der Waals surface area contributed by atoms with Crippen LogP contribution in [0.1, 0.15) is 69.0 Å². The van der Waals surface area contributed by atoms with E-state index in [-0.39, 0.29) is 6.10 Å². The lowest BCUT2D eigenvalue weighted by atomic mass is 9.94. The third kappa shape index (κ3) is 5.71. The fourth-order valence-corrected chi connectivity index (χ4v) is 3.94. The summed E-state index contributed by atoms with van der Waals surface area (Å²) in [5, 5.41) is 0. The van der Waals surface area contributed by atoms with Gasteiger partial charge in [-0.15, -0.1) is 0 Å². The third-order valence-corrected chi connectivity index (χ3v) is 5.51. The van der Waals surface area contributed by atoms with Crippen molar-refractivity contribution in [1.82, 2.24) is 9.97 Å². The van der Waals surface area contributed by atoms with E-state index in [1.165, 1.54) is 16.7 Å². The molecule has 0 saturated carbocycles. The second-order valence-corrected chi connectivity index (χ2v) is 7.61. The van der Waals surface area contributed by atoms with Crippen LogP contribution in [0.25, 0.3) is 11.3 Å². The lowest BCUT2D eigenvalue weighted by molar-refractivity contribution is 0.0295. The number of pyridine rings is 2. The van der Waals surface area contributed by atoms with Crippen LogP contribution in [0.4, 0.5) is 0 Å². The van der Waals surface area contributed by atoms with Gasteiger partial charge in [-0.05, 0) is 49.4 Å². The van der Waals surface area contributed by atoms with Crippen molar-refractivity contribution < 1.29 is 9.47 Å². The van der Waals surface area contributed by atoms with E-state index in [0.717, 1.165) is 48.4 Å². The van der Waals surface area contributed by atoms with Crippen LogP contribution < -0.4 is 4.74 Å². The highest BCUT2D eigenvalue weighted by molar-refractivity contribution is 5.69. The molecule has 4 nitrogen and oxygen atoms in total. The van der Waals surface area contributed by atoms with Crippen LogP contribution >= 0.6 is 0 Å². The fourth-order valence-electron chi connectivity index (χ4n) is 3.94. The average Bonchev–Trinajstić information content (AvgIpc) is 2.82. The predicted molar refractivity (Wildman–Crippen MR) is 126 cm³/mol. The minimum atomic E-state index is -0.0813. The van der Waals surface area contributed by atoms with E-state index < -0.39 is 0 Å². The van der Waals surface area contributed by atoms with E-state index >= 15 is 0 Å². The van der Waals surface area contributed by atoms with Gasteiger partial charge in [0.1, 0.15) is 5.75 Å². The van der Waals surface area contributed by atoms with Crippen molar-refractivity contribution in [2.24, 2.45) is 0 Å². The topological polar surface area (TPSA) is 44.2 Å². The number of hydrogen-bond acceptors (Lipinski definition) is 4. The van der Waals surface area contributed by atoms with Gasteiger partial charge in [0.2, 0.25) is 0 Å². The molecule has 1 atom stereocenters. The van der Waals surface area contributed by atoms with Crippen molar-refractivity contribution in [1.29, 1.82) is 0 Å². The molecular formula is C27H34N2O2. The Bertz CT molecular complexity index is 934. The lowest BCUT2D eigenvalue weighted by Gasteiger charge is -2.22. The summed E-state index contributed by atoms with van der Waals surface area (Å²) in [7, 11) is 0. The molecule has 2 heterocycles. The Hall–Kier alpha value is -2.72. The highest BCUT2D eigenvalue weighted by Gasteiger charge is 2.20. The molecule has 1 unspecified atom stereocenters. The Labute approximate surface area is 186 Å². The van der Waals surface area contributed by atoms with Gasteiger partial charge in [0.25, 0.3) is 0 Å². The first kappa shape index (κ1) is 23.0. The maximum absolute atomic E-state index is 6.29. The molecule has 2 aromatic heterocycles. The van der Waals surface area contributed by atoms with Crippen LogP contribution in [0.5, 0.6) is 5.75 Å². The zero-order valence-electron chi connectivity index (χ0n) is 19.2. The molecule has 0 aliphatic rings. The Morgan fingerprint density at radius 2 is 1.68 bits per heavy atom. The molecule has 164 valence electrons. The number of aryl methyl sites for hydroxylation is 2. The molecule has 0 aliphatic carbocycles. The summed E-state index contributed by atoms with van der Waals surface area (Å²) < 4.78 is 12.4. The van der Waals surface area contributed by atoms with Gasteiger partial charge in [0.05, 0.1) is 30.7 Å². The number of aromatic nitrogens is 2. The van der Waals surface area contributed by atoms with Crippen molar-refractivity contribution in [3.63, 3.8) is 0 Å². The molecule has 31 heavy (non-hydrogen) atoms. The summed E-state index contributed by atoms with van der Waals surface area (Å²) in [5.74, 6) is 0.861. The zero-order chi connectivity index (χ0) is 22.1. The molecule has 3 aromatic rings. The van der Waals surface area contributed by atoms with Gasteiger partial charge in [-0.1, -0.05) is 51.5 Å². The Morgan fingerprint density at radius 3 is 2.29 bits per heavy atom. The van der Waals surface area contributed by atoms with Gasteiger partial charge < -0.3 is 9.47 Å². The molecule has 0 aliphatic heterocycles. The molecule has 3 rings (SSSR count). The van der Waals surface area contributed by atoms with Crippen LogP contribution in [0.3, 0.4) is 0 Å². The Kier molecular flexibility index (Phi) is 8.60. The molecule has 0 bridgehead atoms. The molecule has 0 amide bonds. The minimum absolute atomic E-state index is 0.0813. The molecule has 0 fully saturated rings. The normalized spacial score (nSPS) is 12.0. The summed E-state index contributed by atoms with van der Waals surface area (Å²) in [5.41, 5.74) is 6.78. The van der Waals surface area contributed by atoms with Gasteiger partial charge in [0, 0.05) is 29.6 Å². The average molecular weight is 419 g/mol. The molecule has 0 radical (unpaired) electrons. The van der Waals surface area contributed by atoms with Gasteiger partial charge in [-0.2, -0.15) is 0 Å². The van der Waals surface area contributed by atoms with E-state index in [4.69, 9.17) is 14.5 Å². The quantitative estimate of drug-likeness (QED) is 0.346. The lowest BCUT2D eigenvalue weighted by Crippen LogP contribution is -2.09. The van der Waals surface area contributed by atoms with Crippen molar-refractivity contribution in [2.75, 3.05) is 6.61 Å². The summed E-state index contributed by atoms with van der Waals surface area (Å²) in [6.07, 6.45) is 7.53. The van der Waals surface area contributed by atoms with Gasteiger partial charge in [-0.25, -0.2) is 0 Å². The fraction of sp³-hybridized carbons (Fsp3) is 0.407. The number of ether oxygens (including phenoxy) is 2. The molecule has 0 saturated heterocycles. The summed E-state index contributed by atoms with van der Waals surface area (Å²) >= 11 is 0. The third-order valence-electron chi connectivity index (χ3n) is 5.51.